The van der Waals surface area contributed by atoms with Crippen LogP contribution in [0, 0.1) is 19.7 Å². The van der Waals surface area contributed by atoms with E-state index in [4.69, 9.17) is 4.18 Å². The number of rotatable bonds is 8. The maximum absolute atomic E-state index is 13.1. The van der Waals surface area contributed by atoms with Crippen molar-refractivity contribution in [1.29, 1.82) is 0 Å². The van der Waals surface area contributed by atoms with Gasteiger partial charge in [0, 0.05) is 18.3 Å². The van der Waals surface area contributed by atoms with E-state index < -0.39 is 15.9 Å². The highest BCUT2D eigenvalue weighted by Crippen LogP contribution is 2.22. The Balaban J connectivity index is 1.73. The SMILES string of the molecule is CCC(C)N(Cc1ccc(OS(=O)(=O)c2ccc(F)cc2)cc1)C(=O)Nc1cccc(C)c1C. The highest BCUT2D eigenvalue weighted by Gasteiger charge is 2.21. The Morgan fingerprint density at radius 2 is 1.68 bits per heavy atom. The van der Waals surface area contributed by atoms with E-state index in [9.17, 15) is 17.6 Å². The number of benzene rings is 3. The molecule has 8 heteroatoms. The molecule has 0 spiro atoms. The van der Waals surface area contributed by atoms with Gasteiger partial charge in [0.15, 0.2) is 0 Å². The van der Waals surface area contributed by atoms with Crippen molar-refractivity contribution in [3.63, 3.8) is 0 Å². The van der Waals surface area contributed by atoms with Crippen molar-refractivity contribution in [1.82, 2.24) is 4.90 Å². The minimum atomic E-state index is -4.08. The first kappa shape index (κ1) is 25.2. The molecule has 180 valence electrons. The molecule has 6 nitrogen and oxygen atoms in total. The molecule has 0 heterocycles. The molecule has 1 unspecified atom stereocenters. The Hall–Kier alpha value is -3.39. The molecule has 3 aromatic carbocycles. The normalized spacial score (nSPS) is 12.1. The summed E-state index contributed by atoms with van der Waals surface area (Å²) in [6.07, 6.45) is 0.775. The van der Waals surface area contributed by atoms with Gasteiger partial charge >= 0.3 is 16.1 Å². The molecular weight excluding hydrogens is 455 g/mol. The van der Waals surface area contributed by atoms with Crippen LogP contribution in [0.2, 0.25) is 0 Å². The Bertz CT molecular complexity index is 1240. The summed E-state index contributed by atoms with van der Waals surface area (Å²) < 4.78 is 43.1. The van der Waals surface area contributed by atoms with Gasteiger partial charge in [0.1, 0.15) is 16.5 Å². The molecule has 0 saturated heterocycles. The lowest BCUT2D eigenvalue weighted by atomic mass is 10.1. The van der Waals surface area contributed by atoms with Crippen LogP contribution < -0.4 is 9.50 Å². The number of nitrogens with zero attached hydrogens (tertiary/aromatic N) is 1. The van der Waals surface area contributed by atoms with E-state index in [0.29, 0.717) is 6.54 Å². The lowest BCUT2D eigenvalue weighted by Crippen LogP contribution is -2.40. The van der Waals surface area contributed by atoms with Crippen molar-refractivity contribution in [3.05, 3.63) is 89.2 Å². The minimum absolute atomic E-state index is 0.0140. The molecule has 0 radical (unpaired) electrons. The number of hydrogen-bond acceptors (Lipinski definition) is 4. The number of halogens is 1. The van der Waals surface area contributed by atoms with E-state index in [-0.39, 0.29) is 22.7 Å². The van der Waals surface area contributed by atoms with Gasteiger partial charge in [-0.2, -0.15) is 8.42 Å². The second-order valence-electron chi connectivity index (χ2n) is 8.20. The maximum Gasteiger partial charge on any atom is 0.339 e. The first-order valence-electron chi connectivity index (χ1n) is 11.0. The first-order chi connectivity index (χ1) is 16.1. The van der Waals surface area contributed by atoms with Crippen LogP contribution in [0.1, 0.15) is 37.0 Å². The van der Waals surface area contributed by atoms with Crippen molar-refractivity contribution >= 4 is 21.8 Å². The van der Waals surface area contributed by atoms with Crippen LogP contribution in [-0.4, -0.2) is 25.4 Å². The molecule has 0 aromatic heterocycles. The molecule has 0 aliphatic rings. The molecule has 0 aliphatic carbocycles. The summed E-state index contributed by atoms with van der Waals surface area (Å²) in [5, 5.41) is 3.01. The highest BCUT2D eigenvalue weighted by atomic mass is 32.2. The van der Waals surface area contributed by atoms with Crippen LogP contribution in [0.5, 0.6) is 5.75 Å². The van der Waals surface area contributed by atoms with Crippen molar-refractivity contribution in [2.24, 2.45) is 0 Å². The van der Waals surface area contributed by atoms with Gasteiger partial charge in [-0.15, -0.1) is 0 Å². The molecular formula is C26H29FN2O4S. The van der Waals surface area contributed by atoms with Crippen LogP contribution >= 0.6 is 0 Å². The van der Waals surface area contributed by atoms with Crippen LogP contribution in [0.15, 0.2) is 71.6 Å². The summed E-state index contributed by atoms with van der Waals surface area (Å²) in [6, 6.07) is 16.5. The van der Waals surface area contributed by atoms with Crippen LogP contribution in [-0.2, 0) is 16.7 Å². The zero-order valence-corrected chi connectivity index (χ0v) is 20.5. The Morgan fingerprint density at radius 1 is 1.03 bits per heavy atom. The Labute approximate surface area is 200 Å². The summed E-state index contributed by atoms with van der Waals surface area (Å²) in [5.74, 6) is -0.404. The molecule has 1 atom stereocenters. The molecule has 34 heavy (non-hydrogen) atoms. The fourth-order valence-corrected chi connectivity index (χ4v) is 4.27. The average molecular weight is 485 g/mol. The average Bonchev–Trinajstić information content (AvgIpc) is 2.81. The zero-order valence-electron chi connectivity index (χ0n) is 19.7. The molecule has 0 fully saturated rings. The monoisotopic (exact) mass is 484 g/mol. The van der Waals surface area contributed by atoms with Crippen LogP contribution in [0.4, 0.5) is 14.9 Å². The largest absolute Gasteiger partial charge is 0.379 e. The summed E-state index contributed by atoms with van der Waals surface area (Å²) in [5.41, 5.74) is 3.71. The fraction of sp³-hybridized carbons (Fsp3) is 0.269. The maximum atomic E-state index is 13.1. The van der Waals surface area contributed by atoms with Crippen molar-refractivity contribution in [3.8, 4) is 5.75 Å². The fourth-order valence-electron chi connectivity index (χ4n) is 3.34. The molecule has 3 aromatic rings. The second-order valence-corrected chi connectivity index (χ2v) is 9.74. The number of amides is 2. The molecule has 0 aliphatic heterocycles. The first-order valence-corrected chi connectivity index (χ1v) is 12.4. The molecule has 2 amide bonds. The highest BCUT2D eigenvalue weighted by molar-refractivity contribution is 7.87. The lowest BCUT2D eigenvalue weighted by molar-refractivity contribution is 0.187. The van der Waals surface area contributed by atoms with Gasteiger partial charge in [-0.05, 0) is 86.3 Å². The lowest BCUT2D eigenvalue weighted by Gasteiger charge is -2.29. The quantitative estimate of drug-likeness (QED) is 0.395. The van der Waals surface area contributed by atoms with Gasteiger partial charge in [0.25, 0.3) is 0 Å². The van der Waals surface area contributed by atoms with Crippen LogP contribution in [0.3, 0.4) is 0 Å². The van der Waals surface area contributed by atoms with Gasteiger partial charge < -0.3 is 14.4 Å². The number of carbonyl (C=O) groups excluding carboxylic acids is 1. The summed E-state index contributed by atoms with van der Waals surface area (Å²) in [7, 11) is -4.08. The predicted octanol–water partition coefficient (Wildman–Crippen LogP) is 6.04. The van der Waals surface area contributed by atoms with Gasteiger partial charge in [0.2, 0.25) is 0 Å². The van der Waals surface area contributed by atoms with E-state index in [0.717, 1.165) is 53.1 Å². The molecule has 3 rings (SSSR count). The van der Waals surface area contributed by atoms with Gasteiger partial charge in [-0.1, -0.05) is 31.2 Å². The van der Waals surface area contributed by atoms with Crippen molar-refractivity contribution in [2.75, 3.05) is 5.32 Å². The van der Waals surface area contributed by atoms with E-state index in [1.165, 1.54) is 12.1 Å². The number of carbonyl (C=O) groups is 1. The Morgan fingerprint density at radius 3 is 2.29 bits per heavy atom. The number of anilines is 1. The van der Waals surface area contributed by atoms with E-state index in [1.54, 1.807) is 17.0 Å². The van der Waals surface area contributed by atoms with Gasteiger partial charge in [-0.3, -0.25) is 0 Å². The van der Waals surface area contributed by atoms with Gasteiger partial charge in [0.05, 0.1) is 0 Å². The minimum Gasteiger partial charge on any atom is -0.379 e. The van der Waals surface area contributed by atoms with Crippen molar-refractivity contribution < 1.29 is 21.8 Å². The summed E-state index contributed by atoms with van der Waals surface area (Å²) in [6.45, 7) is 8.31. The topological polar surface area (TPSA) is 75.7 Å². The smallest absolute Gasteiger partial charge is 0.339 e. The third-order valence-electron chi connectivity index (χ3n) is 5.81. The molecule has 0 bridgehead atoms. The van der Waals surface area contributed by atoms with Gasteiger partial charge in [-0.25, -0.2) is 9.18 Å². The Kier molecular flexibility index (Phi) is 7.94. The number of nitrogens with one attached hydrogen (secondary N) is 1. The second kappa shape index (κ2) is 10.7. The van der Waals surface area contributed by atoms with E-state index in [2.05, 4.69) is 5.32 Å². The third kappa shape index (κ3) is 6.14. The predicted molar refractivity (Wildman–Crippen MR) is 131 cm³/mol. The third-order valence-corrected chi connectivity index (χ3v) is 7.08. The molecule has 0 saturated carbocycles. The number of urea groups is 1. The summed E-state index contributed by atoms with van der Waals surface area (Å²) >= 11 is 0. The van der Waals surface area contributed by atoms with Crippen molar-refractivity contribution in [2.45, 2.75) is 51.6 Å². The molecule has 1 N–H and O–H groups in total. The summed E-state index contributed by atoms with van der Waals surface area (Å²) in [4.78, 5) is 14.7. The number of hydrogen-bond donors (Lipinski definition) is 1. The number of aryl methyl sites for hydroxylation is 1. The van der Waals surface area contributed by atoms with E-state index >= 15 is 0 Å². The standard InChI is InChI=1S/C26H29FN2O4S/c1-5-19(3)29(26(30)28-25-8-6-7-18(2)20(25)4)17-21-9-13-23(14-10-21)33-34(31,32)24-15-11-22(27)12-16-24/h6-16,19H,5,17H2,1-4H3,(H,28,30). The van der Waals surface area contributed by atoms with E-state index in [1.807, 2.05) is 45.9 Å². The van der Waals surface area contributed by atoms with Crippen LogP contribution in [0.25, 0.3) is 0 Å². The zero-order chi connectivity index (χ0) is 24.9.